The van der Waals surface area contributed by atoms with Crippen LogP contribution < -0.4 is 10.6 Å². The van der Waals surface area contributed by atoms with Gasteiger partial charge in [0, 0.05) is 23.2 Å². The molecule has 0 saturated carbocycles. The molecule has 1 saturated heterocycles. The molecule has 22 heavy (non-hydrogen) atoms. The average molecular weight is 368 g/mol. The van der Waals surface area contributed by atoms with Crippen molar-refractivity contribution in [1.29, 1.82) is 0 Å². The summed E-state index contributed by atoms with van der Waals surface area (Å²) >= 11 is 3.44. The number of benzene rings is 1. The molecule has 1 unspecified atom stereocenters. The Morgan fingerprint density at radius 1 is 1.50 bits per heavy atom. The third-order valence-electron chi connectivity index (χ3n) is 3.78. The number of aryl methyl sites for hydroxylation is 1. The van der Waals surface area contributed by atoms with Crippen LogP contribution in [0.5, 0.6) is 0 Å². The second-order valence-corrected chi connectivity index (χ2v) is 6.82. The van der Waals surface area contributed by atoms with E-state index in [1.807, 2.05) is 43.9 Å². The number of hydrogen-bond acceptors (Lipinski definition) is 3. The smallest absolute Gasteiger partial charge is 0.238 e. The molecule has 0 aromatic heterocycles. The highest BCUT2D eigenvalue weighted by Crippen LogP contribution is 2.20. The zero-order chi connectivity index (χ0) is 16.3. The topological polar surface area (TPSA) is 61.4 Å². The lowest BCUT2D eigenvalue weighted by Gasteiger charge is -2.36. The maximum atomic E-state index is 12.3. The molecule has 5 nitrogen and oxygen atoms in total. The van der Waals surface area contributed by atoms with E-state index in [0.717, 1.165) is 15.7 Å². The van der Waals surface area contributed by atoms with Crippen molar-refractivity contribution >= 4 is 33.4 Å². The van der Waals surface area contributed by atoms with Gasteiger partial charge in [0.25, 0.3) is 0 Å². The third kappa shape index (κ3) is 4.08. The zero-order valence-corrected chi connectivity index (χ0v) is 14.7. The molecule has 1 aliphatic heterocycles. The van der Waals surface area contributed by atoms with Crippen LogP contribution in [-0.2, 0) is 9.59 Å². The first kappa shape index (κ1) is 17.0. The van der Waals surface area contributed by atoms with Crippen LogP contribution in [0, 0.1) is 12.8 Å². The van der Waals surface area contributed by atoms with Crippen molar-refractivity contribution in [2.24, 2.45) is 5.92 Å². The number of anilines is 1. The monoisotopic (exact) mass is 367 g/mol. The number of hydrogen-bond donors (Lipinski definition) is 2. The first-order valence-electron chi connectivity index (χ1n) is 7.46. The van der Waals surface area contributed by atoms with Crippen LogP contribution in [0.2, 0.25) is 0 Å². The molecule has 1 atom stereocenters. The molecule has 0 spiro atoms. The summed E-state index contributed by atoms with van der Waals surface area (Å²) in [6.45, 7) is 7.49. The third-order valence-corrected chi connectivity index (χ3v) is 4.67. The Bertz CT molecular complexity index is 575. The van der Waals surface area contributed by atoms with Crippen LogP contribution in [0.4, 0.5) is 5.69 Å². The zero-order valence-electron chi connectivity index (χ0n) is 13.1. The highest BCUT2D eigenvalue weighted by atomic mass is 79.9. The molecule has 1 heterocycles. The molecule has 1 aromatic carbocycles. The molecular formula is C16H22BrN3O2. The molecule has 6 heteroatoms. The fourth-order valence-electron chi connectivity index (χ4n) is 2.74. The number of carbonyl (C=O) groups is 2. The van der Waals surface area contributed by atoms with E-state index in [9.17, 15) is 9.59 Å². The highest BCUT2D eigenvalue weighted by Gasteiger charge is 2.33. The summed E-state index contributed by atoms with van der Waals surface area (Å²) in [5, 5.41) is 5.76. The van der Waals surface area contributed by atoms with Crippen LogP contribution in [0.3, 0.4) is 0 Å². The Morgan fingerprint density at radius 3 is 2.86 bits per heavy atom. The minimum atomic E-state index is -0.244. The summed E-state index contributed by atoms with van der Waals surface area (Å²) in [5.41, 5.74) is 1.84. The summed E-state index contributed by atoms with van der Waals surface area (Å²) in [6.07, 6.45) is 0. The summed E-state index contributed by atoms with van der Waals surface area (Å²) in [4.78, 5) is 26.2. The number of amides is 2. The van der Waals surface area contributed by atoms with Gasteiger partial charge in [-0.15, -0.1) is 0 Å². The second kappa shape index (κ2) is 7.24. The standard InChI is InChI=1S/C16H22BrN3O2/c1-10(2)15-16(22)18-6-7-20(15)9-14(21)19-12-4-5-13(17)11(3)8-12/h4-5,8,10,15H,6-7,9H2,1-3H3,(H,18,22)(H,19,21). The van der Waals surface area contributed by atoms with Gasteiger partial charge in [0.05, 0.1) is 12.6 Å². The van der Waals surface area contributed by atoms with E-state index < -0.39 is 0 Å². The van der Waals surface area contributed by atoms with Gasteiger partial charge >= 0.3 is 0 Å². The largest absolute Gasteiger partial charge is 0.353 e. The highest BCUT2D eigenvalue weighted by molar-refractivity contribution is 9.10. The van der Waals surface area contributed by atoms with Gasteiger partial charge in [-0.3, -0.25) is 14.5 Å². The van der Waals surface area contributed by atoms with Crippen molar-refractivity contribution in [1.82, 2.24) is 10.2 Å². The van der Waals surface area contributed by atoms with Gasteiger partial charge in [0.1, 0.15) is 0 Å². The minimum Gasteiger partial charge on any atom is -0.353 e. The van der Waals surface area contributed by atoms with Gasteiger partial charge in [-0.05, 0) is 36.6 Å². The number of halogens is 1. The van der Waals surface area contributed by atoms with E-state index in [1.54, 1.807) is 0 Å². The minimum absolute atomic E-state index is 0.00790. The molecule has 1 fully saturated rings. The number of piperazine rings is 1. The predicted molar refractivity (Wildman–Crippen MR) is 90.7 cm³/mol. The van der Waals surface area contributed by atoms with Gasteiger partial charge in [0.15, 0.2) is 0 Å². The maximum Gasteiger partial charge on any atom is 0.238 e. The Hall–Kier alpha value is -1.40. The average Bonchev–Trinajstić information content (AvgIpc) is 2.42. The normalized spacial score (nSPS) is 19.1. The van der Waals surface area contributed by atoms with E-state index in [1.165, 1.54) is 0 Å². The Morgan fingerprint density at radius 2 is 2.23 bits per heavy atom. The summed E-state index contributed by atoms with van der Waals surface area (Å²) in [6, 6.07) is 5.45. The number of nitrogens with zero attached hydrogens (tertiary/aromatic N) is 1. The lowest BCUT2D eigenvalue weighted by molar-refractivity contribution is -0.132. The van der Waals surface area contributed by atoms with Crippen molar-refractivity contribution in [2.45, 2.75) is 26.8 Å². The van der Waals surface area contributed by atoms with Gasteiger partial charge < -0.3 is 10.6 Å². The van der Waals surface area contributed by atoms with Gasteiger partial charge in [-0.1, -0.05) is 29.8 Å². The Kier molecular flexibility index (Phi) is 5.58. The lowest BCUT2D eigenvalue weighted by Crippen LogP contribution is -2.58. The Labute approximate surface area is 139 Å². The van der Waals surface area contributed by atoms with E-state index >= 15 is 0 Å². The SMILES string of the molecule is Cc1cc(NC(=O)CN2CCNC(=O)C2C(C)C)ccc1Br. The van der Waals surface area contributed by atoms with Crippen molar-refractivity contribution < 1.29 is 9.59 Å². The summed E-state index contributed by atoms with van der Waals surface area (Å²) < 4.78 is 1.01. The van der Waals surface area contributed by atoms with Gasteiger partial charge in [-0.25, -0.2) is 0 Å². The van der Waals surface area contributed by atoms with Crippen LogP contribution in [-0.4, -0.2) is 42.4 Å². The fraction of sp³-hybridized carbons (Fsp3) is 0.500. The molecule has 2 rings (SSSR count). The summed E-state index contributed by atoms with van der Waals surface area (Å²) in [5.74, 6) is 0.0821. The Balaban J connectivity index is 2.01. The van der Waals surface area contributed by atoms with Crippen molar-refractivity contribution in [2.75, 3.05) is 25.0 Å². The maximum absolute atomic E-state index is 12.3. The first-order valence-corrected chi connectivity index (χ1v) is 8.25. The van der Waals surface area contributed by atoms with Crippen molar-refractivity contribution in [3.63, 3.8) is 0 Å². The van der Waals surface area contributed by atoms with Crippen LogP contribution in [0.25, 0.3) is 0 Å². The van der Waals surface area contributed by atoms with Crippen molar-refractivity contribution in [3.8, 4) is 0 Å². The molecule has 120 valence electrons. The predicted octanol–water partition coefficient (Wildman–Crippen LogP) is 2.15. The molecule has 2 amide bonds. The first-order chi connectivity index (χ1) is 10.4. The van der Waals surface area contributed by atoms with E-state index in [4.69, 9.17) is 0 Å². The number of carbonyl (C=O) groups excluding carboxylic acids is 2. The second-order valence-electron chi connectivity index (χ2n) is 5.96. The number of rotatable bonds is 4. The molecule has 0 bridgehead atoms. The van der Waals surface area contributed by atoms with Crippen molar-refractivity contribution in [3.05, 3.63) is 28.2 Å². The summed E-state index contributed by atoms with van der Waals surface area (Å²) in [7, 11) is 0. The molecular weight excluding hydrogens is 346 g/mol. The van der Waals surface area contributed by atoms with E-state index in [0.29, 0.717) is 13.1 Å². The van der Waals surface area contributed by atoms with Crippen LogP contribution >= 0.6 is 15.9 Å². The molecule has 0 radical (unpaired) electrons. The van der Waals surface area contributed by atoms with Gasteiger partial charge in [0.2, 0.25) is 11.8 Å². The molecule has 1 aliphatic rings. The molecule has 1 aromatic rings. The van der Waals surface area contributed by atoms with E-state index in [-0.39, 0.29) is 30.3 Å². The lowest BCUT2D eigenvalue weighted by atomic mass is 9.99. The number of nitrogens with one attached hydrogen (secondary N) is 2. The van der Waals surface area contributed by atoms with Crippen LogP contribution in [0.15, 0.2) is 22.7 Å². The molecule has 0 aliphatic carbocycles. The quantitative estimate of drug-likeness (QED) is 0.856. The molecule has 2 N–H and O–H groups in total. The fourth-order valence-corrected chi connectivity index (χ4v) is 2.99. The van der Waals surface area contributed by atoms with Crippen LogP contribution in [0.1, 0.15) is 19.4 Å². The van der Waals surface area contributed by atoms with Gasteiger partial charge in [-0.2, -0.15) is 0 Å². The van der Waals surface area contributed by atoms with E-state index in [2.05, 4.69) is 26.6 Å².